The van der Waals surface area contributed by atoms with Crippen molar-refractivity contribution in [2.45, 2.75) is 12.8 Å². The summed E-state index contributed by atoms with van der Waals surface area (Å²) in [5.41, 5.74) is 0.999. The van der Waals surface area contributed by atoms with E-state index in [0.29, 0.717) is 18.8 Å². The summed E-state index contributed by atoms with van der Waals surface area (Å²) < 4.78 is 6.19. The minimum atomic E-state index is 0.0550. The Bertz CT molecular complexity index is 410. The molecule has 0 saturated heterocycles. The van der Waals surface area contributed by atoms with E-state index in [4.69, 9.17) is 4.74 Å². The molecule has 0 aromatic heterocycles. The number of ether oxygens (including phenoxy) is 1. The van der Waals surface area contributed by atoms with Gasteiger partial charge in [0.1, 0.15) is 0 Å². The Balaban J connectivity index is 2.09. The molecule has 0 fully saturated rings. The van der Waals surface area contributed by atoms with E-state index in [9.17, 15) is 4.79 Å². The van der Waals surface area contributed by atoms with Crippen LogP contribution in [0.4, 0.5) is 0 Å². The predicted octanol–water partition coefficient (Wildman–Crippen LogP) is 2.86. The highest BCUT2D eigenvalue weighted by molar-refractivity contribution is 9.10. The Labute approximate surface area is 97.1 Å². The van der Waals surface area contributed by atoms with Crippen LogP contribution in [-0.4, -0.2) is 12.4 Å². The smallest absolute Gasteiger partial charge is 0.201 e. The lowest BCUT2D eigenvalue weighted by molar-refractivity contribution is -0.117. The van der Waals surface area contributed by atoms with Crippen LogP contribution in [0, 0.1) is 0 Å². The first-order chi connectivity index (χ1) is 7.27. The molecule has 0 bridgehead atoms. The lowest BCUT2D eigenvalue weighted by atomic mass is 10.1. The highest BCUT2D eigenvalue weighted by Crippen LogP contribution is 2.19. The predicted molar refractivity (Wildman–Crippen MR) is 61.5 cm³/mol. The van der Waals surface area contributed by atoms with Gasteiger partial charge in [0.05, 0.1) is 6.61 Å². The highest BCUT2D eigenvalue weighted by Gasteiger charge is 2.16. The first kappa shape index (κ1) is 10.4. The fourth-order valence-corrected chi connectivity index (χ4v) is 1.94. The number of hydrogen-bond donors (Lipinski definition) is 0. The van der Waals surface area contributed by atoms with Crippen LogP contribution in [0.3, 0.4) is 0 Å². The van der Waals surface area contributed by atoms with E-state index in [0.717, 1.165) is 16.5 Å². The summed E-state index contributed by atoms with van der Waals surface area (Å²) in [5.74, 6) is 0.574. The Morgan fingerprint density at radius 1 is 1.40 bits per heavy atom. The molecule has 1 heterocycles. The van der Waals surface area contributed by atoms with E-state index in [1.165, 1.54) is 0 Å². The number of carbonyl (C=O) groups excluding carboxylic acids is 1. The van der Waals surface area contributed by atoms with Gasteiger partial charge in [0.25, 0.3) is 0 Å². The van der Waals surface area contributed by atoms with Crippen LogP contribution in [0.2, 0.25) is 0 Å². The van der Waals surface area contributed by atoms with Crippen molar-refractivity contribution < 1.29 is 9.53 Å². The van der Waals surface area contributed by atoms with E-state index < -0.39 is 0 Å². The average molecular weight is 267 g/mol. The second-order valence-corrected chi connectivity index (χ2v) is 4.25. The Morgan fingerprint density at radius 2 is 2.20 bits per heavy atom. The van der Waals surface area contributed by atoms with E-state index in [1.807, 2.05) is 30.3 Å². The maximum atomic E-state index is 11.8. The van der Waals surface area contributed by atoms with Crippen molar-refractivity contribution in [2.75, 3.05) is 6.61 Å². The first-order valence-corrected chi connectivity index (χ1v) is 5.66. The van der Waals surface area contributed by atoms with Crippen LogP contribution in [0.1, 0.15) is 12.0 Å². The zero-order valence-corrected chi connectivity index (χ0v) is 9.79. The molecule has 1 aromatic rings. The SMILES string of the molecule is O=C(Cc1ccccc1Br)C1=CCCO1. The quantitative estimate of drug-likeness (QED) is 0.841. The number of carbonyl (C=O) groups is 1. The number of allylic oxidation sites excluding steroid dienone is 1. The van der Waals surface area contributed by atoms with Gasteiger partial charge in [-0.2, -0.15) is 0 Å². The molecule has 15 heavy (non-hydrogen) atoms. The van der Waals surface area contributed by atoms with Crippen LogP contribution < -0.4 is 0 Å². The van der Waals surface area contributed by atoms with Crippen LogP contribution >= 0.6 is 15.9 Å². The Hall–Kier alpha value is -1.09. The molecule has 1 aromatic carbocycles. The molecule has 2 nitrogen and oxygen atoms in total. The molecule has 0 atom stereocenters. The molecule has 0 unspecified atom stereocenters. The molecule has 3 heteroatoms. The third-order valence-corrected chi connectivity index (χ3v) is 3.06. The van der Waals surface area contributed by atoms with Crippen molar-refractivity contribution >= 4 is 21.7 Å². The Morgan fingerprint density at radius 3 is 2.87 bits per heavy atom. The van der Waals surface area contributed by atoms with Gasteiger partial charge >= 0.3 is 0 Å². The second kappa shape index (κ2) is 4.62. The summed E-state index contributed by atoms with van der Waals surface area (Å²) in [7, 11) is 0. The van der Waals surface area contributed by atoms with Gasteiger partial charge in [-0.05, 0) is 17.7 Å². The van der Waals surface area contributed by atoms with Gasteiger partial charge in [-0.15, -0.1) is 0 Å². The maximum absolute atomic E-state index is 11.8. The van der Waals surface area contributed by atoms with Crippen molar-refractivity contribution in [3.05, 3.63) is 46.1 Å². The lowest BCUT2D eigenvalue weighted by Gasteiger charge is -2.04. The zero-order chi connectivity index (χ0) is 10.7. The Kier molecular flexibility index (Phi) is 3.21. The molecule has 0 amide bonds. The van der Waals surface area contributed by atoms with Crippen molar-refractivity contribution in [1.82, 2.24) is 0 Å². The molecule has 1 aliphatic heterocycles. The van der Waals surface area contributed by atoms with Crippen molar-refractivity contribution in [3.63, 3.8) is 0 Å². The summed E-state index contributed by atoms with van der Waals surface area (Å²) >= 11 is 3.42. The van der Waals surface area contributed by atoms with Gasteiger partial charge in [0.2, 0.25) is 5.78 Å². The minimum Gasteiger partial charge on any atom is -0.490 e. The van der Waals surface area contributed by atoms with Gasteiger partial charge in [0.15, 0.2) is 5.76 Å². The molecular formula is C12H11BrO2. The molecule has 2 rings (SSSR count). The van der Waals surface area contributed by atoms with Crippen molar-refractivity contribution in [3.8, 4) is 0 Å². The maximum Gasteiger partial charge on any atom is 0.201 e. The summed E-state index contributed by atoms with van der Waals surface area (Å²) in [6, 6.07) is 7.74. The summed E-state index contributed by atoms with van der Waals surface area (Å²) in [6.07, 6.45) is 3.10. The summed E-state index contributed by atoms with van der Waals surface area (Å²) in [4.78, 5) is 11.8. The molecule has 1 aliphatic rings. The molecule has 78 valence electrons. The number of Topliss-reactive ketones (excluding diaryl/α,β-unsaturated/α-hetero) is 1. The van der Waals surface area contributed by atoms with Crippen LogP contribution in [0.25, 0.3) is 0 Å². The van der Waals surface area contributed by atoms with Gasteiger partial charge in [-0.1, -0.05) is 34.1 Å². The third kappa shape index (κ3) is 2.48. The van der Waals surface area contributed by atoms with E-state index in [1.54, 1.807) is 0 Å². The number of hydrogen-bond acceptors (Lipinski definition) is 2. The number of rotatable bonds is 3. The molecule has 0 saturated carbocycles. The standard InChI is InChI=1S/C12H11BrO2/c13-10-5-2-1-4-9(10)8-11(14)12-6-3-7-15-12/h1-2,4-6H,3,7-8H2. The van der Waals surface area contributed by atoms with Crippen molar-refractivity contribution in [1.29, 1.82) is 0 Å². The van der Waals surface area contributed by atoms with Crippen LogP contribution in [0.15, 0.2) is 40.6 Å². The third-order valence-electron chi connectivity index (χ3n) is 2.29. The monoisotopic (exact) mass is 266 g/mol. The zero-order valence-electron chi connectivity index (χ0n) is 8.20. The van der Waals surface area contributed by atoms with E-state index >= 15 is 0 Å². The molecule has 0 radical (unpaired) electrons. The number of benzene rings is 1. The number of ketones is 1. The van der Waals surface area contributed by atoms with Crippen LogP contribution in [-0.2, 0) is 16.0 Å². The first-order valence-electron chi connectivity index (χ1n) is 4.87. The number of halogens is 1. The molecule has 0 N–H and O–H groups in total. The van der Waals surface area contributed by atoms with E-state index in [2.05, 4.69) is 15.9 Å². The highest BCUT2D eigenvalue weighted by atomic mass is 79.9. The summed E-state index contributed by atoms with van der Waals surface area (Å²) in [6.45, 7) is 0.636. The van der Waals surface area contributed by atoms with Gasteiger partial charge in [-0.25, -0.2) is 0 Å². The van der Waals surface area contributed by atoms with E-state index in [-0.39, 0.29) is 5.78 Å². The fraction of sp³-hybridized carbons (Fsp3) is 0.250. The minimum absolute atomic E-state index is 0.0550. The topological polar surface area (TPSA) is 26.3 Å². The molecule has 0 spiro atoms. The van der Waals surface area contributed by atoms with Gasteiger partial charge in [-0.3, -0.25) is 4.79 Å². The largest absolute Gasteiger partial charge is 0.490 e. The van der Waals surface area contributed by atoms with Crippen LogP contribution in [0.5, 0.6) is 0 Å². The lowest BCUT2D eigenvalue weighted by Crippen LogP contribution is -2.07. The van der Waals surface area contributed by atoms with Gasteiger partial charge in [0, 0.05) is 17.3 Å². The fourth-order valence-electron chi connectivity index (χ4n) is 1.51. The molecule has 0 aliphatic carbocycles. The second-order valence-electron chi connectivity index (χ2n) is 3.40. The molecular weight excluding hydrogens is 256 g/mol. The van der Waals surface area contributed by atoms with Crippen molar-refractivity contribution in [2.24, 2.45) is 0 Å². The summed E-state index contributed by atoms with van der Waals surface area (Å²) in [5, 5.41) is 0. The normalized spacial score (nSPS) is 14.6. The average Bonchev–Trinajstić information content (AvgIpc) is 2.74. The van der Waals surface area contributed by atoms with Gasteiger partial charge < -0.3 is 4.74 Å².